The minimum absolute atomic E-state index is 0.00463. The number of amides is 4. The van der Waals surface area contributed by atoms with Gasteiger partial charge >= 0.3 is 0 Å². The van der Waals surface area contributed by atoms with Crippen LogP contribution >= 0.6 is 0 Å². The van der Waals surface area contributed by atoms with E-state index in [9.17, 15) is 19.2 Å². The van der Waals surface area contributed by atoms with E-state index in [2.05, 4.69) is 77.4 Å². The summed E-state index contributed by atoms with van der Waals surface area (Å²) < 4.78 is 0. The molecule has 2 atom stereocenters. The SMILES string of the molecule is CC(C)(C)C.CC1CC(C#N)N(C(=O)CNC=O)C1.CCCC.CCCCC.CNC(C)=O.O=CNc1ccccc1. The second-order valence-corrected chi connectivity index (χ2v) is 11.3. The maximum Gasteiger partial charge on any atom is 0.243 e. The highest BCUT2D eigenvalue weighted by atomic mass is 16.2. The summed E-state index contributed by atoms with van der Waals surface area (Å²) in [6.07, 6.45) is 8.59. The zero-order valence-corrected chi connectivity index (χ0v) is 28.4. The first kappa shape index (κ1) is 45.6. The third-order valence-electron chi connectivity index (χ3n) is 4.87. The molecule has 1 aliphatic heterocycles. The molecule has 0 bridgehead atoms. The van der Waals surface area contributed by atoms with Crippen LogP contribution in [0.1, 0.15) is 108 Å². The van der Waals surface area contributed by atoms with Crippen LogP contribution in [-0.2, 0) is 19.2 Å². The first-order valence-electron chi connectivity index (χ1n) is 15.0. The van der Waals surface area contributed by atoms with Gasteiger partial charge in [-0.2, -0.15) is 5.26 Å². The van der Waals surface area contributed by atoms with Gasteiger partial charge in [-0.05, 0) is 29.9 Å². The summed E-state index contributed by atoms with van der Waals surface area (Å²) in [5.41, 5.74) is 1.33. The van der Waals surface area contributed by atoms with Crippen LogP contribution in [0.25, 0.3) is 0 Å². The predicted molar refractivity (Wildman–Crippen MR) is 176 cm³/mol. The third-order valence-corrected chi connectivity index (χ3v) is 4.87. The molecule has 1 aromatic carbocycles. The normalized spacial score (nSPS) is 14.3. The minimum Gasteiger partial charge on any atom is -0.359 e. The Labute approximate surface area is 257 Å². The molecular weight excluding hydrogens is 530 g/mol. The summed E-state index contributed by atoms with van der Waals surface area (Å²) in [6.45, 7) is 21.6. The summed E-state index contributed by atoms with van der Waals surface area (Å²) in [5.74, 6) is 0.179. The fourth-order valence-corrected chi connectivity index (χ4v) is 2.63. The van der Waals surface area contributed by atoms with Crippen LogP contribution in [0.2, 0.25) is 0 Å². The van der Waals surface area contributed by atoms with Crippen molar-refractivity contribution in [3.05, 3.63) is 30.3 Å². The Kier molecular flexibility index (Phi) is 34.8. The lowest BCUT2D eigenvalue weighted by Gasteiger charge is -2.18. The number of hydrogen-bond donors (Lipinski definition) is 3. The van der Waals surface area contributed by atoms with E-state index in [-0.39, 0.29) is 24.4 Å². The van der Waals surface area contributed by atoms with Crippen LogP contribution < -0.4 is 16.0 Å². The van der Waals surface area contributed by atoms with Gasteiger partial charge < -0.3 is 20.9 Å². The first-order chi connectivity index (χ1) is 19.7. The molecule has 3 N–H and O–H groups in total. The van der Waals surface area contributed by atoms with Crippen LogP contribution in [-0.4, -0.2) is 55.7 Å². The molecule has 0 radical (unpaired) electrons. The van der Waals surface area contributed by atoms with Crippen molar-refractivity contribution in [3.8, 4) is 6.07 Å². The zero-order valence-electron chi connectivity index (χ0n) is 28.4. The van der Waals surface area contributed by atoms with Gasteiger partial charge in [0.1, 0.15) is 6.04 Å². The van der Waals surface area contributed by atoms with E-state index in [4.69, 9.17) is 5.26 Å². The van der Waals surface area contributed by atoms with Crippen molar-refractivity contribution >= 4 is 30.3 Å². The molecule has 9 heteroatoms. The van der Waals surface area contributed by atoms with Crippen molar-refractivity contribution in [1.29, 1.82) is 5.26 Å². The molecule has 0 saturated carbocycles. The summed E-state index contributed by atoms with van der Waals surface area (Å²) in [4.78, 5) is 42.6. The van der Waals surface area contributed by atoms with Gasteiger partial charge in [0.25, 0.3) is 0 Å². The molecule has 1 aromatic rings. The van der Waals surface area contributed by atoms with Gasteiger partial charge in [0.05, 0.1) is 12.6 Å². The summed E-state index contributed by atoms with van der Waals surface area (Å²) in [7, 11) is 1.60. The van der Waals surface area contributed by atoms with Gasteiger partial charge in [-0.25, -0.2) is 0 Å². The zero-order chi connectivity index (χ0) is 33.4. The summed E-state index contributed by atoms with van der Waals surface area (Å²) in [6, 6.07) is 11.1. The van der Waals surface area contributed by atoms with E-state index in [1.807, 2.05) is 37.3 Å². The molecule has 42 heavy (non-hydrogen) atoms. The Morgan fingerprint density at radius 1 is 0.976 bits per heavy atom. The maximum atomic E-state index is 11.5. The van der Waals surface area contributed by atoms with Crippen LogP contribution in [0, 0.1) is 22.7 Å². The van der Waals surface area contributed by atoms with Crippen molar-refractivity contribution < 1.29 is 19.2 Å². The van der Waals surface area contributed by atoms with Gasteiger partial charge in [-0.15, -0.1) is 0 Å². The average Bonchev–Trinajstić information content (AvgIpc) is 3.34. The monoisotopic (exact) mass is 591 g/mol. The Morgan fingerprint density at radius 3 is 1.76 bits per heavy atom. The molecule has 242 valence electrons. The van der Waals surface area contributed by atoms with Crippen LogP contribution in [0.4, 0.5) is 5.69 Å². The number of likely N-dealkylation sites (tertiary alicyclic amines) is 1. The topological polar surface area (TPSA) is 131 Å². The van der Waals surface area contributed by atoms with Crippen LogP contribution in [0.15, 0.2) is 30.3 Å². The van der Waals surface area contributed by atoms with Crippen molar-refractivity contribution in [2.24, 2.45) is 11.3 Å². The van der Waals surface area contributed by atoms with E-state index >= 15 is 0 Å². The molecule has 1 fully saturated rings. The lowest BCUT2D eigenvalue weighted by Crippen LogP contribution is -2.40. The molecule has 2 unspecified atom stereocenters. The Morgan fingerprint density at radius 2 is 1.45 bits per heavy atom. The Bertz CT molecular complexity index is 810. The minimum atomic E-state index is -0.328. The number of benzene rings is 1. The molecule has 0 aliphatic carbocycles. The van der Waals surface area contributed by atoms with E-state index in [1.165, 1.54) is 43.9 Å². The van der Waals surface area contributed by atoms with Crippen molar-refractivity contribution in [2.75, 3.05) is 25.5 Å². The number of anilines is 1. The third kappa shape index (κ3) is 38.7. The second-order valence-electron chi connectivity index (χ2n) is 11.3. The number of carbonyl (C=O) groups is 4. The smallest absolute Gasteiger partial charge is 0.243 e. The van der Waals surface area contributed by atoms with Gasteiger partial charge in [-0.3, -0.25) is 19.2 Å². The van der Waals surface area contributed by atoms with E-state index in [1.54, 1.807) is 7.05 Å². The van der Waals surface area contributed by atoms with Gasteiger partial charge in [0.15, 0.2) is 0 Å². The van der Waals surface area contributed by atoms with Crippen LogP contribution in [0.5, 0.6) is 0 Å². The summed E-state index contributed by atoms with van der Waals surface area (Å²) >= 11 is 0. The molecule has 4 amide bonds. The number of nitrogens with zero attached hydrogens (tertiary/aromatic N) is 2. The lowest BCUT2D eigenvalue weighted by molar-refractivity contribution is -0.131. The Hall–Kier alpha value is -3.41. The maximum absolute atomic E-state index is 11.5. The molecule has 1 saturated heterocycles. The summed E-state index contributed by atoms with van der Waals surface area (Å²) in [5, 5.41) is 16.0. The van der Waals surface area contributed by atoms with E-state index < -0.39 is 0 Å². The van der Waals surface area contributed by atoms with Crippen LogP contribution in [0.3, 0.4) is 0 Å². The van der Waals surface area contributed by atoms with Crippen molar-refractivity contribution in [3.63, 3.8) is 0 Å². The molecule has 0 spiro atoms. The predicted octanol–water partition coefficient (Wildman–Crippen LogP) is 6.56. The molecule has 0 aromatic heterocycles. The second kappa shape index (κ2) is 32.1. The molecule has 9 nitrogen and oxygen atoms in total. The van der Waals surface area contributed by atoms with Gasteiger partial charge in [0.2, 0.25) is 24.6 Å². The highest BCUT2D eigenvalue weighted by molar-refractivity contribution is 5.81. The van der Waals surface area contributed by atoms with Crippen molar-refractivity contribution in [2.45, 2.75) is 114 Å². The molecule has 1 heterocycles. The number of para-hydroxylation sites is 1. The number of nitriles is 1. The fraction of sp³-hybridized carbons (Fsp3) is 0.667. The number of carbonyl (C=O) groups excluding carboxylic acids is 4. The average molecular weight is 592 g/mol. The quantitative estimate of drug-likeness (QED) is 0.295. The Balaban J connectivity index is -0.000000223. The largest absolute Gasteiger partial charge is 0.359 e. The van der Waals surface area contributed by atoms with Gasteiger partial charge in [-0.1, -0.05) is 113 Å². The fourth-order valence-electron chi connectivity index (χ4n) is 2.63. The molecule has 2 rings (SSSR count). The number of hydrogen-bond acceptors (Lipinski definition) is 5. The van der Waals surface area contributed by atoms with E-state index in [0.29, 0.717) is 30.7 Å². The number of nitrogens with one attached hydrogen (secondary N) is 3. The highest BCUT2D eigenvalue weighted by Gasteiger charge is 2.32. The molecule has 1 aliphatic rings. The first-order valence-corrected chi connectivity index (χ1v) is 15.0. The van der Waals surface area contributed by atoms with Gasteiger partial charge in [0, 0.05) is 26.2 Å². The number of rotatable bonds is 8. The lowest BCUT2D eigenvalue weighted by atomic mass is 10.0. The number of unbranched alkanes of at least 4 members (excludes halogenated alkanes) is 3. The highest BCUT2D eigenvalue weighted by Crippen LogP contribution is 2.21. The van der Waals surface area contributed by atoms with Crippen molar-refractivity contribution in [1.82, 2.24) is 15.5 Å². The molecular formula is C33H61N5O4. The standard InChI is InChI=1S/C9H13N3O2.C7H7NO.2C5H12.C4H10.C3H7NO/c1-7-2-8(3-10)12(5-7)9(14)4-11-6-13;9-6-8-7-4-2-1-3-5-7;1-5(2,3)4;1-3-5-4-2;1-3-4-2;1-3(5)4-2/h6-8H,2,4-5H2,1H3,(H,11,13);1-6H,(H,8,9);1-4H3;3-5H2,1-2H3;3-4H2,1-2H3;1-2H3,(H,4,5). The van der Waals surface area contributed by atoms with E-state index in [0.717, 1.165) is 12.1 Å².